The zero-order chi connectivity index (χ0) is 14.4. The van der Waals surface area contributed by atoms with Gasteiger partial charge in [-0.25, -0.2) is 9.37 Å². The molecule has 0 amide bonds. The number of ether oxygens (including phenoxy) is 1. The molecule has 1 saturated heterocycles. The van der Waals surface area contributed by atoms with Crippen LogP contribution in [0.2, 0.25) is 0 Å². The molecular weight excluding hydrogens is 273 g/mol. The third-order valence-corrected chi connectivity index (χ3v) is 3.32. The maximum absolute atomic E-state index is 13.3. The fourth-order valence-corrected chi connectivity index (χ4v) is 2.28. The van der Waals surface area contributed by atoms with Crippen LogP contribution in [0.5, 0.6) is 0 Å². The third-order valence-electron chi connectivity index (χ3n) is 3.32. The number of aromatic amines is 2. The lowest BCUT2D eigenvalue weighted by atomic mass is 10.1. The summed E-state index contributed by atoms with van der Waals surface area (Å²) >= 11 is 0. The predicted molar refractivity (Wildman–Crippen MR) is 63.4 cm³/mol. The Morgan fingerprint density at radius 1 is 1.40 bits per heavy atom. The van der Waals surface area contributed by atoms with Crippen LogP contribution >= 0.6 is 0 Å². The van der Waals surface area contributed by atoms with Gasteiger partial charge in [-0.1, -0.05) is 0 Å². The van der Waals surface area contributed by atoms with Crippen molar-refractivity contribution in [1.29, 1.82) is 0 Å². The number of hydrogen-bond donors (Lipinski definition) is 5. The number of nitrogens with zero attached hydrogens (tertiary/aromatic N) is 1. The van der Waals surface area contributed by atoms with E-state index in [1.165, 1.54) is 0 Å². The Morgan fingerprint density at radius 3 is 2.80 bits per heavy atom. The van der Waals surface area contributed by atoms with Crippen LogP contribution in [0.15, 0.2) is 11.0 Å². The number of halogens is 1. The SMILES string of the molecule is O=c1[nH]c(C2O[C@H](CO)[C@@H](O)[C@H]2O)nc2[nH]cc(F)c12. The quantitative estimate of drug-likeness (QED) is 0.458. The molecule has 3 rings (SSSR count). The number of aliphatic hydroxyl groups excluding tert-OH is 3. The molecule has 5 N–H and O–H groups in total. The molecule has 1 aliphatic rings. The van der Waals surface area contributed by atoms with Gasteiger partial charge in [-0.05, 0) is 0 Å². The second-order valence-corrected chi connectivity index (χ2v) is 4.57. The lowest BCUT2D eigenvalue weighted by Crippen LogP contribution is -2.32. The molecule has 8 nitrogen and oxygen atoms in total. The van der Waals surface area contributed by atoms with E-state index >= 15 is 0 Å². The Morgan fingerprint density at radius 2 is 2.15 bits per heavy atom. The van der Waals surface area contributed by atoms with Gasteiger partial charge >= 0.3 is 0 Å². The van der Waals surface area contributed by atoms with Gasteiger partial charge in [-0.15, -0.1) is 0 Å². The van der Waals surface area contributed by atoms with E-state index in [1.54, 1.807) is 0 Å². The standard InChI is InChI=1S/C11H12FN3O5/c12-3-1-13-9-5(3)11(19)15-10(14-9)8-7(18)6(17)4(2-16)20-8/h1,4,6-8,16-18H,2H2,(H2,13,14,15,19)/t4-,6-,7-,8?/m1/s1. The second kappa shape index (κ2) is 4.63. The van der Waals surface area contributed by atoms with Gasteiger partial charge in [0.05, 0.1) is 6.61 Å². The fraction of sp³-hybridized carbons (Fsp3) is 0.455. The molecule has 0 radical (unpaired) electrons. The van der Waals surface area contributed by atoms with Crippen molar-refractivity contribution in [3.05, 3.63) is 28.2 Å². The fourth-order valence-electron chi connectivity index (χ4n) is 2.28. The molecule has 0 aliphatic carbocycles. The van der Waals surface area contributed by atoms with Crippen molar-refractivity contribution in [2.75, 3.05) is 6.61 Å². The van der Waals surface area contributed by atoms with Crippen LogP contribution in [0.4, 0.5) is 4.39 Å². The Labute approximate surface area is 110 Å². The number of rotatable bonds is 2. The summed E-state index contributed by atoms with van der Waals surface area (Å²) in [5, 5.41) is 28.3. The van der Waals surface area contributed by atoms with E-state index in [-0.39, 0.29) is 16.9 Å². The molecule has 1 aliphatic heterocycles. The zero-order valence-corrected chi connectivity index (χ0v) is 10.1. The molecule has 1 unspecified atom stereocenters. The van der Waals surface area contributed by atoms with Gasteiger partial charge in [0.15, 0.2) is 5.82 Å². The first kappa shape index (κ1) is 13.2. The molecule has 20 heavy (non-hydrogen) atoms. The summed E-state index contributed by atoms with van der Waals surface area (Å²) in [6.45, 7) is -0.488. The molecule has 4 atom stereocenters. The first-order chi connectivity index (χ1) is 9.52. The number of aliphatic hydroxyl groups is 3. The summed E-state index contributed by atoms with van der Waals surface area (Å²) in [5.74, 6) is -0.784. The lowest BCUT2D eigenvalue weighted by Gasteiger charge is -2.13. The van der Waals surface area contributed by atoms with Crippen LogP contribution in [0.3, 0.4) is 0 Å². The number of hydrogen-bond acceptors (Lipinski definition) is 6. The van der Waals surface area contributed by atoms with Crippen molar-refractivity contribution in [2.24, 2.45) is 0 Å². The van der Waals surface area contributed by atoms with Crippen molar-refractivity contribution in [3.63, 3.8) is 0 Å². The minimum atomic E-state index is -1.35. The first-order valence-electron chi connectivity index (χ1n) is 5.92. The monoisotopic (exact) mass is 285 g/mol. The minimum absolute atomic E-state index is 0.0130. The van der Waals surface area contributed by atoms with Crippen LogP contribution in [-0.4, -0.2) is 55.2 Å². The Bertz CT molecular complexity index is 699. The smallest absolute Gasteiger partial charge is 0.263 e. The summed E-state index contributed by atoms with van der Waals surface area (Å²) < 4.78 is 18.6. The summed E-state index contributed by atoms with van der Waals surface area (Å²) in [6.07, 6.45) is -3.74. The molecule has 0 spiro atoms. The maximum atomic E-state index is 13.3. The lowest BCUT2D eigenvalue weighted by molar-refractivity contribution is -0.0252. The van der Waals surface area contributed by atoms with Crippen LogP contribution in [0.1, 0.15) is 11.9 Å². The normalized spacial score (nSPS) is 30.2. The van der Waals surface area contributed by atoms with E-state index in [0.29, 0.717) is 0 Å². The predicted octanol–water partition coefficient (Wildman–Crippen LogP) is -1.46. The Hall–Kier alpha value is -1.81. The van der Waals surface area contributed by atoms with Crippen molar-refractivity contribution in [1.82, 2.24) is 15.0 Å². The summed E-state index contributed by atoms with van der Waals surface area (Å²) in [7, 11) is 0. The molecule has 108 valence electrons. The van der Waals surface area contributed by atoms with Crippen LogP contribution < -0.4 is 5.56 Å². The molecule has 9 heteroatoms. The zero-order valence-electron chi connectivity index (χ0n) is 10.1. The molecule has 3 heterocycles. The highest BCUT2D eigenvalue weighted by atomic mass is 19.1. The Kier molecular flexibility index (Phi) is 3.05. The van der Waals surface area contributed by atoms with E-state index in [0.717, 1.165) is 6.20 Å². The summed E-state index contributed by atoms with van der Waals surface area (Å²) in [4.78, 5) is 20.5. The first-order valence-corrected chi connectivity index (χ1v) is 5.92. The molecule has 0 bridgehead atoms. The highest BCUT2D eigenvalue weighted by Crippen LogP contribution is 2.31. The summed E-state index contributed by atoms with van der Waals surface area (Å²) in [5.41, 5.74) is -0.708. The highest BCUT2D eigenvalue weighted by Gasteiger charge is 2.44. The Balaban J connectivity index is 2.05. The second-order valence-electron chi connectivity index (χ2n) is 4.57. The molecule has 2 aromatic rings. The molecule has 0 aromatic carbocycles. The van der Waals surface area contributed by atoms with E-state index in [1.807, 2.05) is 0 Å². The summed E-state index contributed by atoms with van der Waals surface area (Å²) in [6, 6.07) is 0. The van der Waals surface area contributed by atoms with Crippen LogP contribution in [-0.2, 0) is 4.74 Å². The van der Waals surface area contributed by atoms with Gasteiger partial charge in [0.25, 0.3) is 5.56 Å². The average Bonchev–Trinajstić information content (AvgIpc) is 2.93. The van der Waals surface area contributed by atoms with Crippen LogP contribution in [0, 0.1) is 5.82 Å². The maximum Gasteiger partial charge on any atom is 0.263 e. The highest BCUT2D eigenvalue weighted by molar-refractivity contribution is 5.74. The van der Waals surface area contributed by atoms with Gasteiger partial charge in [-0.2, -0.15) is 0 Å². The third kappa shape index (κ3) is 1.83. The van der Waals surface area contributed by atoms with E-state index in [2.05, 4.69) is 15.0 Å². The number of nitrogens with one attached hydrogen (secondary N) is 2. The largest absolute Gasteiger partial charge is 0.394 e. The van der Waals surface area contributed by atoms with Crippen LogP contribution in [0.25, 0.3) is 11.0 Å². The van der Waals surface area contributed by atoms with E-state index in [9.17, 15) is 19.4 Å². The minimum Gasteiger partial charge on any atom is -0.394 e. The molecule has 1 fully saturated rings. The number of H-pyrrole nitrogens is 2. The van der Waals surface area contributed by atoms with E-state index < -0.39 is 42.4 Å². The van der Waals surface area contributed by atoms with Gasteiger partial charge < -0.3 is 30.0 Å². The van der Waals surface area contributed by atoms with Crippen molar-refractivity contribution in [3.8, 4) is 0 Å². The van der Waals surface area contributed by atoms with Crippen molar-refractivity contribution < 1.29 is 24.4 Å². The van der Waals surface area contributed by atoms with E-state index in [4.69, 9.17) is 9.84 Å². The van der Waals surface area contributed by atoms with Crippen molar-refractivity contribution >= 4 is 11.0 Å². The topological polar surface area (TPSA) is 131 Å². The molecular formula is C11H12FN3O5. The van der Waals surface area contributed by atoms with Gasteiger partial charge in [0, 0.05) is 6.20 Å². The van der Waals surface area contributed by atoms with Gasteiger partial charge in [0.2, 0.25) is 0 Å². The molecule has 2 aromatic heterocycles. The number of fused-ring (bicyclic) bond motifs is 1. The average molecular weight is 285 g/mol. The molecule has 0 saturated carbocycles. The van der Waals surface area contributed by atoms with Crippen molar-refractivity contribution in [2.45, 2.75) is 24.4 Å². The van der Waals surface area contributed by atoms with Gasteiger partial charge in [-0.3, -0.25) is 4.79 Å². The number of aromatic nitrogens is 3. The van der Waals surface area contributed by atoms with Gasteiger partial charge in [0.1, 0.15) is 41.3 Å².